The van der Waals surface area contributed by atoms with E-state index < -0.39 is 11.8 Å². The van der Waals surface area contributed by atoms with Crippen LogP contribution in [-0.2, 0) is 14.3 Å². The third kappa shape index (κ3) is 1.68. The maximum absolute atomic E-state index is 10.1. The second-order valence-electron chi connectivity index (χ2n) is 2.38. The minimum absolute atomic E-state index is 0.201. The summed E-state index contributed by atoms with van der Waals surface area (Å²) in [4.78, 5) is 10.1. The number of hydrogen-bond acceptors (Lipinski definition) is 4. The minimum atomic E-state index is -1.15. The van der Waals surface area contributed by atoms with Crippen molar-refractivity contribution >= 4 is 5.97 Å². The van der Waals surface area contributed by atoms with E-state index in [9.17, 15) is 9.90 Å². The molecule has 0 aliphatic carbocycles. The van der Waals surface area contributed by atoms with E-state index in [0.29, 0.717) is 13.2 Å². The van der Waals surface area contributed by atoms with Crippen LogP contribution in [0.15, 0.2) is 0 Å². The van der Waals surface area contributed by atoms with Crippen molar-refractivity contribution in [3.8, 4) is 0 Å². The van der Waals surface area contributed by atoms with Gasteiger partial charge in [0, 0.05) is 12.4 Å². The predicted molar refractivity (Wildman–Crippen MR) is 29.9 cm³/mol. The van der Waals surface area contributed by atoms with Crippen LogP contribution in [0.4, 0.5) is 0 Å². The zero-order valence-corrected chi connectivity index (χ0v) is 5.75. The molecule has 1 heterocycles. The lowest BCUT2D eigenvalue weighted by molar-refractivity contribution is -0.314. The topological polar surface area (TPSA) is 58.6 Å². The first kappa shape index (κ1) is 7.50. The molecule has 4 heteroatoms. The van der Waals surface area contributed by atoms with Gasteiger partial charge in [-0.05, 0) is 6.92 Å². The zero-order chi connectivity index (χ0) is 7.61. The van der Waals surface area contributed by atoms with Gasteiger partial charge < -0.3 is 19.4 Å². The van der Waals surface area contributed by atoms with Gasteiger partial charge in [0.25, 0.3) is 0 Å². The lowest BCUT2D eigenvalue weighted by atomic mass is 10.2. The Hall–Kier alpha value is -0.610. The van der Waals surface area contributed by atoms with Gasteiger partial charge >= 0.3 is 0 Å². The van der Waals surface area contributed by atoms with E-state index in [1.54, 1.807) is 6.92 Å². The van der Waals surface area contributed by atoms with Crippen molar-refractivity contribution in [2.75, 3.05) is 13.2 Å². The summed E-state index contributed by atoms with van der Waals surface area (Å²) >= 11 is 0. The quantitative estimate of drug-likeness (QED) is 0.494. The lowest BCUT2D eigenvalue weighted by Gasteiger charge is -2.22. The molecule has 58 valence electrons. The zero-order valence-electron chi connectivity index (χ0n) is 5.75. The van der Waals surface area contributed by atoms with Crippen LogP contribution in [0.3, 0.4) is 0 Å². The van der Waals surface area contributed by atoms with Gasteiger partial charge in [-0.25, -0.2) is 0 Å². The molecule has 0 bridgehead atoms. The van der Waals surface area contributed by atoms with Crippen LogP contribution in [0, 0.1) is 0 Å². The highest BCUT2D eigenvalue weighted by molar-refractivity contribution is 5.65. The average Bonchev–Trinajstić information content (AvgIpc) is 2.12. The van der Waals surface area contributed by atoms with Gasteiger partial charge in [0.2, 0.25) is 0 Å². The third-order valence-electron chi connectivity index (χ3n) is 1.36. The molecule has 1 rings (SSSR count). The highest BCUT2D eigenvalue weighted by atomic mass is 16.7. The largest absolute Gasteiger partial charge is 0.550 e. The van der Waals surface area contributed by atoms with E-state index in [-0.39, 0.29) is 6.42 Å². The Balaban J connectivity index is 2.43. The minimum Gasteiger partial charge on any atom is -0.550 e. The van der Waals surface area contributed by atoms with Crippen molar-refractivity contribution in [1.82, 2.24) is 0 Å². The number of aliphatic carboxylic acids is 1. The molecule has 1 saturated heterocycles. The maximum atomic E-state index is 10.1. The fourth-order valence-corrected chi connectivity index (χ4v) is 0.921. The van der Waals surface area contributed by atoms with E-state index >= 15 is 0 Å². The molecule has 0 aromatic carbocycles. The third-order valence-corrected chi connectivity index (χ3v) is 1.36. The summed E-state index contributed by atoms with van der Waals surface area (Å²) < 4.78 is 10.0. The Morgan fingerprint density at radius 3 is 2.50 bits per heavy atom. The monoisotopic (exact) mass is 145 g/mol. The molecular formula is C6H9O4-. The summed E-state index contributed by atoms with van der Waals surface area (Å²) in [6.45, 7) is 2.52. The first-order valence-electron chi connectivity index (χ1n) is 3.10. The van der Waals surface area contributed by atoms with Crippen LogP contribution < -0.4 is 5.11 Å². The molecule has 10 heavy (non-hydrogen) atoms. The van der Waals surface area contributed by atoms with Gasteiger partial charge in [0.05, 0.1) is 13.2 Å². The number of ether oxygens (including phenoxy) is 2. The first-order valence-corrected chi connectivity index (χ1v) is 3.10. The highest BCUT2D eigenvalue weighted by Gasteiger charge is 2.30. The Labute approximate surface area is 58.7 Å². The van der Waals surface area contributed by atoms with Gasteiger partial charge in [-0.3, -0.25) is 0 Å². The molecule has 0 unspecified atom stereocenters. The summed E-state index contributed by atoms with van der Waals surface area (Å²) in [5.41, 5.74) is 0. The van der Waals surface area contributed by atoms with Crippen LogP contribution in [0.1, 0.15) is 13.3 Å². The smallest absolute Gasteiger partial charge is 0.170 e. The van der Waals surface area contributed by atoms with Crippen molar-refractivity contribution in [1.29, 1.82) is 0 Å². The van der Waals surface area contributed by atoms with E-state index in [2.05, 4.69) is 0 Å². The Kier molecular flexibility index (Phi) is 1.92. The average molecular weight is 145 g/mol. The van der Waals surface area contributed by atoms with Crippen LogP contribution in [0.25, 0.3) is 0 Å². The molecule has 0 N–H and O–H groups in total. The van der Waals surface area contributed by atoms with Gasteiger partial charge in [-0.1, -0.05) is 0 Å². The molecule has 0 atom stereocenters. The summed E-state index contributed by atoms with van der Waals surface area (Å²) in [6, 6.07) is 0. The fraction of sp³-hybridized carbons (Fsp3) is 0.833. The second kappa shape index (κ2) is 2.56. The van der Waals surface area contributed by atoms with Crippen molar-refractivity contribution < 1.29 is 19.4 Å². The normalized spacial score (nSPS) is 22.9. The molecule has 4 nitrogen and oxygen atoms in total. The van der Waals surface area contributed by atoms with Crippen LogP contribution >= 0.6 is 0 Å². The summed E-state index contributed by atoms with van der Waals surface area (Å²) in [6.07, 6.45) is -0.201. The highest BCUT2D eigenvalue weighted by Crippen LogP contribution is 2.21. The Morgan fingerprint density at radius 2 is 2.10 bits per heavy atom. The van der Waals surface area contributed by atoms with E-state index in [4.69, 9.17) is 9.47 Å². The summed E-state index contributed by atoms with van der Waals surface area (Å²) in [5.74, 6) is -2.09. The fourth-order valence-electron chi connectivity index (χ4n) is 0.921. The Bertz CT molecular complexity index is 137. The number of rotatable bonds is 2. The van der Waals surface area contributed by atoms with Crippen molar-refractivity contribution in [3.63, 3.8) is 0 Å². The summed E-state index contributed by atoms with van der Waals surface area (Å²) in [5, 5.41) is 10.1. The van der Waals surface area contributed by atoms with Crippen LogP contribution in [-0.4, -0.2) is 25.0 Å². The number of carboxylic acid groups (broad SMARTS) is 1. The molecule has 0 aromatic rings. The van der Waals surface area contributed by atoms with Crippen molar-refractivity contribution in [3.05, 3.63) is 0 Å². The van der Waals surface area contributed by atoms with Crippen LogP contribution in [0.2, 0.25) is 0 Å². The van der Waals surface area contributed by atoms with Gasteiger partial charge in [0.1, 0.15) is 0 Å². The molecule has 0 saturated carbocycles. The van der Waals surface area contributed by atoms with Gasteiger partial charge in [-0.15, -0.1) is 0 Å². The number of hydrogen-bond donors (Lipinski definition) is 0. The predicted octanol–water partition coefficient (Wildman–Crippen LogP) is -1.11. The molecule has 1 aliphatic rings. The van der Waals surface area contributed by atoms with Gasteiger partial charge in [-0.2, -0.15) is 0 Å². The molecule has 0 spiro atoms. The van der Waals surface area contributed by atoms with E-state index in [1.807, 2.05) is 0 Å². The molecule has 1 aliphatic heterocycles. The van der Waals surface area contributed by atoms with E-state index in [0.717, 1.165) is 0 Å². The van der Waals surface area contributed by atoms with E-state index in [1.165, 1.54) is 0 Å². The molecule has 0 radical (unpaired) electrons. The number of carboxylic acids is 1. The van der Waals surface area contributed by atoms with Crippen LogP contribution in [0.5, 0.6) is 0 Å². The van der Waals surface area contributed by atoms with Crippen molar-refractivity contribution in [2.45, 2.75) is 19.1 Å². The number of carbonyl (C=O) groups excluding carboxylic acids is 1. The maximum Gasteiger partial charge on any atom is 0.170 e. The second-order valence-corrected chi connectivity index (χ2v) is 2.38. The molecule has 1 fully saturated rings. The lowest BCUT2D eigenvalue weighted by Crippen LogP contribution is -2.35. The van der Waals surface area contributed by atoms with Gasteiger partial charge in [0.15, 0.2) is 5.79 Å². The molecule has 0 aromatic heterocycles. The number of carbonyl (C=O) groups is 1. The summed E-state index contributed by atoms with van der Waals surface area (Å²) in [7, 11) is 0. The van der Waals surface area contributed by atoms with Crippen molar-refractivity contribution in [2.24, 2.45) is 0 Å². The Morgan fingerprint density at radius 1 is 1.60 bits per heavy atom. The molecular weight excluding hydrogens is 136 g/mol. The first-order chi connectivity index (χ1) is 4.62. The SMILES string of the molecule is CC1(CC(=O)[O-])OCCO1. The molecule has 0 amide bonds. The standard InChI is InChI=1S/C6H10O4/c1-6(4-5(7)8)9-2-3-10-6/h2-4H2,1H3,(H,7,8)/p-1.